The van der Waals surface area contributed by atoms with Crippen LogP contribution in [0.2, 0.25) is 0 Å². The predicted octanol–water partition coefficient (Wildman–Crippen LogP) is -1.56. The highest BCUT2D eigenvalue weighted by Crippen LogP contribution is 2.33. The summed E-state index contributed by atoms with van der Waals surface area (Å²) in [6.07, 6.45) is 0.135. The molecule has 1 aliphatic rings. The fourth-order valence-corrected chi connectivity index (χ4v) is 0.690. The van der Waals surface area contributed by atoms with E-state index in [1.807, 2.05) is 0 Å². The van der Waals surface area contributed by atoms with E-state index in [1.54, 1.807) is 0 Å². The summed E-state index contributed by atoms with van der Waals surface area (Å²) in [5.41, 5.74) is -0.543. The van der Waals surface area contributed by atoms with Crippen molar-refractivity contribution in [2.75, 3.05) is 6.61 Å². The van der Waals surface area contributed by atoms with E-state index in [-0.39, 0.29) is 6.61 Å². The molecule has 0 atom stereocenters. The van der Waals surface area contributed by atoms with Crippen molar-refractivity contribution in [3.8, 4) is 0 Å². The molecular weight excluding hydrogens is 122 g/mol. The lowest BCUT2D eigenvalue weighted by molar-refractivity contribution is -0.252. The van der Waals surface area contributed by atoms with Crippen LogP contribution in [-0.2, 0) is 0 Å². The summed E-state index contributed by atoms with van der Waals surface area (Å²) in [5.74, 6) is 0. The normalized spacial score (nSPS) is 21.0. The summed E-state index contributed by atoms with van der Waals surface area (Å²) >= 11 is 0. The van der Waals surface area contributed by atoms with Gasteiger partial charge in [-0.2, -0.15) is 0 Å². The molecule has 0 bridgehead atoms. The molecule has 1 rings (SSSR count). The smallest absolute Gasteiger partial charge is 0.134 e. The molecule has 0 saturated heterocycles. The molecular formula is C5H8NO3-. The van der Waals surface area contributed by atoms with Crippen molar-refractivity contribution < 1.29 is 15.0 Å². The molecule has 0 spiro atoms. The zero-order chi connectivity index (χ0) is 6.91. The van der Waals surface area contributed by atoms with Crippen molar-refractivity contribution in [1.29, 1.82) is 0 Å². The number of aliphatic hydroxyl groups excluding tert-OH is 1. The average Bonchev–Trinajstić information content (AvgIpc) is 2.48. The van der Waals surface area contributed by atoms with E-state index >= 15 is 0 Å². The molecule has 4 heteroatoms. The summed E-state index contributed by atoms with van der Waals surface area (Å²) in [6.45, 7) is -0.124. The van der Waals surface area contributed by atoms with Gasteiger partial charge in [-0.3, -0.25) is 0 Å². The highest BCUT2D eigenvalue weighted by molar-refractivity contribution is 5.63. The SMILES string of the molecule is O=C([O-])NC1(CO)CC1. The zero-order valence-corrected chi connectivity index (χ0v) is 4.89. The summed E-state index contributed by atoms with van der Waals surface area (Å²) < 4.78 is 0. The van der Waals surface area contributed by atoms with Gasteiger partial charge in [-0.25, -0.2) is 0 Å². The van der Waals surface area contributed by atoms with Crippen LogP contribution in [0, 0.1) is 0 Å². The minimum Gasteiger partial charge on any atom is -0.530 e. The van der Waals surface area contributed by atoms with Gasteiger partial charge in [-0.15, -0.1) is 0 Å². The van der Waals surface area contributed by atoms with Gasteiger partial charge in [0.25, 0.3) is 0 Å². The van der Waals surface area contributed by atoms with Gasteiger partial charge >= 0.3 is 0 Å². The van der Waals surface area contributed by atoms with Crippen LogP contribution < -0.4 is 10.4 Å². The third-order valence-corrected chi connectivity index (χ3v) is 1.52. The lowest BCUT2D eigenvalue weighted by atomic mass is 10.3. The highest BCUT2D eigenvalue weighted by atomic mass is 16.4. The Morgan fingerprint density at radius 1 is 1.78 bits per heavy atom. The molecule has 0 aromatic heterocycles. The largest absolute Gasteiger partial charge is 0.530 e. The Labute approximate surface area is 52.5 Å². The van der Waals surface area contributed by atoms with Crippen LogP contribution in [-0.4, -0.2) is 23.3 Å². The monoisotopic (exact) mass is 130 g/mol. The van der Waals surface area contributed by atoms with E-state index in [4.69, 9.17) is 5.11 Å². The molecule has 9 heavy (non-hydrogen) atoms. The van der Waals surface area contributed by atoms with Crippen LogP contribution in [0.3, 0.4) is 0 Å². The van der Waals surface area contributed by atoms with Gasteiger partial charge in [0.1, 0.15) is 6.09 Å². The number of carbonyl (C=O) groups is 1. The molecule has 0 aromatic carbocycles. The lowest BCUT2D eigenvalue weighted by Crippen LogP contribution is -2.46. The molecule has 0 aliphatic heterocycles. The van der Waals surface area contributed by atoms with E-state index in [0.29, 0.717) is 0 Å². The Morgan fingerprint density at radius 2 is 2.33 bits per heavy atom. The number of aliphatic hydroxyl groups is 1. The second-order valence-electron chi connectivity index (χ2n) is 2.35. The maximum absolute atomic E-state index is 9.88. The second-order valence-corrected chi connectivity index (χ2v) is 2.35. The fourth-order valence-electron chi connectivity index (χ4n) is 0.690. The summed E-state index contributed by atoms with van der Waals surface area (Å²) in [4.78, 5) is 9.88. The van der Waals surface area contributed by atoms with Crippen LogP contribution in [0.25, 0.3) is 0 Å². The first-order valence-electron chi connectivity index (χ1n) is 2.79. The van der Waals surface area contributed by atoms with Crippen molar-refractivity contribution in [1.82, 2.24) is 5.32 Å². The number of nitrogens with one attached hydrogen (secondary N) is 1. The molecule has 0 aromatic rings. The Morgan fingerprint density at radius 3 is 2.44 bits per heavy atom. The van der Waals surface area contributed by atoms with Gasteiger partial charge in [-0.05, 0) is 12.8 Å². The zero-order valence-electron chi connectivity index (χ0n) is 4.89. The fraction of sp³-hybridized carbons (Fsp3) is 0.800. The first-order chi connectivity index (χ1) is 4.18. The molecule has 4 nitrogen and oxygen atoms in total. The average molecular weight is 130 g/mol. The molecule has 0 radical (unpaired) electrons. The van der Waals surface area contributed by atoms with Crippen molar-refractivity contribution >= 4 is 6.09 Å². The lowest BCUT2D eigenvalue weighted by Gasteiger charge is -2.15. The van der Waals surface area contributed by atoms with Crippen molar-refractivity contribution in [3.63, 3.8) is 0 Å². The van der Waals surface area contributed by atoms with Crippen LogP contribution >= 0.6 is 0 Å². The molecule has 52 valence electrons. The molecule has 2 N–H and O–H groups in total. The Hall–Kier alpha value is -0.770. The van der Waals surface area contributed by atoms with Crippen LogP contribution in [0.1, 0.15) is 12.8 Å². The number of carboxylic acid groups (broad SMARTS) is 1. The van der Waals surface area contributed by atoms with E-state index in [2.05, 4.69) is 5.32 Å². The van der Waals surface area contributed by atoms with E-state index in [1.165, 1.54) is 0 Å². The highest BCUT2D eigenvalue weighted by Gasteiger charge is 2.41. The summed E-state index contributed by atoms with van der Waals surface area (Å²) in [6, 6.07) is 0. The number of hydrogen-bond donors (Lipinski definition) is 2. The molecule has 1 amide bonds. The number of amides is 1. The third-order valence-electron chi connectivity index (χ3n) is 1.52. The summed E-state index contributed by atoms with van der Waals surface area (Å²) in [7, 11) is 0. The number of carbonyl (C=O) groups excluding carboxylic acids is 1. The molecule has 0 unspecified atom stereocenters. The van der Waals surface area contributed by atoms with Gasteiger partial charge in [0.05, 0.1) is 12.1 Å². The minimum absolute atomic E-state index is 0.124. The van der Waals surface area contributed by atoms with Crippen LogP contribution in [0.4, 0.5) is 4.79 Å². The Balaban J connectivity index is 2.33. The van der Waals surface area contributed by atoms with Gasteiger partial charge in [0.2, 0.25) is 0 Å². The number of rotatable bonds is 2. The molecule has 1 saturated carbocycles. The topological polar surface area (TPSA) is 72.4 Å². The maximum Gasteiger partial charge on any atom is 0.134 e. The first kappa shape index (κ1) is 6.35. The van der Waals surface area contributed by atoms with Crippen molar-refractivity contribution in [3.05, 3.63) is 0 Å². The molecule has 1 aliphatic carbocycles. The van der Waals surface area contributed by atoms with E-state index in [9.17, 15) is 9.90 Å². The first-order valence-corrected chi connectivity index (χ1v) is 2.79. The second kappa shape index (κ2) is 1.88. The van der Waals surface area contributed by atoms with Crippen molar-refractivity contribution in [2.45, 2.75) is 18.4 Å². The quantitative estimate of drug-likeness (QED) is 0.475. The number of hydrogen-bond acceptors (Lipinski definition) is 3. The van der Waals surface area contributed by atoms with Gasteiger partial charge in [0.15, 0.2) is 0 Å². The van der Waals surface area contributed by atoms with Crippen molar-refractivity contribution in [2.24, 2.45) is 0 Å². The standard InChI is InChI=1S/C5H9NO3/c7-3-5(1-2-5)6-4(8)9/h6-7H,1-3H2,(H,8,9)/p-1. The summed E-state index contributed by atoms with van der Waals surface area (Å²) in [5, 5.41) is 20.6. The third kappa shape index (κ3) is 1.32. The van der Waals surface area contributed by atoms with E-state index in [0.717, 1.165) is 12.8 Å². The van der Waals surface area contributed by atoms with Gasteiger partial charge in [-0.1, -0.05) is 0 Å². The minimum atomic E-state index is -1.30. The molecule has 1 fully saturated rings. The van der Waals surface area contributed by atoms with Gasteiger partial charge in [0, 0.05) is 0 Å². The Kier molecular flexibility index (Phi) is 1.32. The van der Waals surface area contributed by atoms with Crippen LogP contribution in [0.5, 0.6) is 0 Å². The van der Waals surface area contributed by atoms with Gasteiger partial charge < -0.3 is 20.3 Å². The Bertz CT molecular complexity index is 130. The predicted molar refractivity (Wildman–Crippen MR) is 27.6 cm³/mol. The van der Waals surface area contributed by atoms with E-state index < -0.39 is 11.6 Å². The molecule has 0 heterocycles. The van der Waals surface area contributed by atoms with Crippen LogP contribution in [0.15, 0.2) is 0 Å². The maximum atomic E-state index is 9.88.